The molecule has 0 aromatic heterocycles. The van der Waals surface area contributed by atoms with E-state index in [-0.39, 0.29) is 5.91 Å². The lowest BCUT2D eigenvalue weighted by Crippen LogP contribution is -2.43. The first-order valence-electron chi connectivity index (χ1n) is 6.77. The molecule has 2 rings (SSSR count). The number of rotatable bonds is 4. The zero-order valence-corrected chi connectivity index (χ0v) is 12.7. The van der Waals surface area contributed by atoms with E-state index < -0.39 is 0 Å². The average molecular weight is 319 g/mol. The van der Waals surface area contributed by atoms with E-state index in [2.05, 4.69) is 26.1 Å². The number of likely N-dealkylation sites (tertiary alicyclic amines) is 1. The molecule has 104 valence electrons. The Morgan fingerprint density at radius 3 is 2.83 bits per heavy atom. The van der Waals surface area contributed by atoms with Crippen molar-refractivity contribution >= 4 is 21.8 Å². The van der Waals surface area contributed by atoms with Crippen LogP contribution >= 0.6 is 15.9 Å². The van der Waals surface area contributed by atoms with Crippen molar-refractivity contribution in [1.29, 1.82) is 0 Å². The lowest BCUT2D eigenvalue weighted by atomic mass is 9.82. The van der Waals surface area contributed by atoms with E-state index in [1.165, 1.54) is 0 Å². The van der Waals surface area contributed by atoms with Crippen molar-refractivity contribution in [3.05, 3.63) is 0 Å². The molecule has 1 N–H and O–H groups in total. The Balaban J connectivity index is 1.84. The van der Waals surface area contributed by atoms with Crippen LogP contribution in [0.25, 0.3) is 0 Å². The molecule has 2 fully saturated rings. The van der Waals surface area contributed by atoms with Gasteiger partial charge in [-0.15, -0.1) is 0 Å². The highest BCUT2D eigenvalue weighted by molar-refractivity contribution is 9.09. The van der Waals surface area contributed by atoms with Crippen LogP contribution in [0.1, 0.15) is 26.2 Å². The second-order valence-corrected chi connectivity index (χ2v) is 6.23. The predicted octanol–water partition coefficient (Wildman–Crippen LogP) is 1.39. The fourth-order valence-corrected chi connectivity index (χ4v) is 3.73. The molecule has 0 spiro atoms. The van der Waals surface area contributed by atoms with Crippen LogP contribution in [0.5, 0.6) is 0 Å². The summed E-state index contributed by atoms with van der Waals surface area (Å²) in [5.41, 5.74) is 0.364. The highest BCUT2D eigenvalue weighted by Crippen LogP contribution is 2.34. The number of nitrogens with zero attached hydrogens (tertiary/aromatic N) is 1. The molecule has 1 unspecified atom stereocenters. The third-order valence-corrected chi connectivity index (χ3v) is 5.27. The van der Waals surface area contributed by atoms with Gasteiger partial charge in [0.25, 0.3) is 0 Å². The summed E-state index contributed by atoms with van der Waals surface area (Å²) in [6, 6.07) is 0.342. The van der Waals surface area contributed by atoms with Gasteiger partial charge in [0.15, 0.2) is 0 Å². The monoisotopic (exact) mass is 318 g/mol. The third kappa shape index (κ3) is 3.68. The van der Waals surface area contributed by atoms with E-state index in [0.717, 1.165) is 57.4 Å². The zero-order chi connectivity index (χ0) is 13.0. The van der Waals surface area contributed by atoms with Gasteiger partial charge in [-0.25, -0.2) is 0 Å². The Hall–Kier alpha value is -0.130. The van der Waals surface area contributed by atoms with Crippen molar-refractivity contribution in [3.63, 3.8) is 0 Å². The molecule has 18 heavy (non-hydrogen) atoms. The van der Waals surface area contributed by atoms with Gasteiger partial charge in [-0.3, -0.25) is 4.79 Å². The SMILES string of the molecule is CC(=O)NC1CCN(CC2(CBr)CCOCC2)C1. The quantitative estimate of drug-likeness (QED) is 0.796. The number of alkyl halides is 1. The average Bonchev–Trinajstić information content (AvgIpc) is 2.76. The van der Waals surface area contributed by atoms with Crippen molar-refractivity contribution in [1.82, 2.24) is 10.2 Å². The lowest BCUT2D eigenvalue weighted by Gasteiger charge is -2.38. The second kappa shape index (κ2) is 6.35. The van der Waals surface area contributed by atoms with E-state index in [9.17, 15) is 4.79 Å². The third-order valence-electron chi connectivity index (χ3n) is 4.08. The van der Waals surface area contributed by atoms with Crippen molar-refractivity contribution in [2.45, 2.75) is 32.2 Å². The minimum Gasteiger partial charge on any atom is -0.381 e. The summed E-state index contributed by atoms with van der Waals surface area (Å²) in [7, 11) is 0. The van der Waals surface area contributed by atoms with Gasteiger partial charge < -0.3 is 15.0 Å². The van der Waals surface area contributed by atoms with Crippen LogP contribution in [-0.2, 0) is 9.53 Å². The van der Waals surface area contributed by atoms with E-state index in [4.69, 9.17) is 4.74 Å². The maximum atomic E-state index is 11.1. The maximum absolute atomic E-state index is 11.1. The Labute approximate surface area is 118 Å². The van der Waals surface area contributed by atoms with Gasteiger partial charge in [0.1, 0.15) is 0 Å². The predicted molar refractivity (Wildman–Crippen MR) is 74.9 cm³/mol. The summed E-state index contributed by atoms with van der Waals surface area (Å²) in [5, 5.41) is 4.07. The minimum absolute atomic E-state index is 0.0862. The molecular weight excluding hydrogens is 296 g/mol. The van der Waals surface area contributed by atoms with Crippen LogP contribution in [0, 0.1) is 5.41 Å². The molecule has 2 heterocycles. The number of halogens is 1. The molecule has 0 radical (unpaired) electrons. The van der Waals surface area contributed by atoms with Gasteiger partial charge in [-0.1, -0.05) is 15.9 Å². The Kier molecular flexibility index (Phi) is 5.04. The molecule has 4 nitrogen and oxygen atoms in total. The molecule has 2 aliphatic heterocycles. The Bertz CT molecular complexity index is 293. The Morgan fingerprint density at radius 1 is 1.50 bits per heavy atom. The molecule has 0 bridgehead atoms. The number of amides is 1. The van der Waals surface area contributed by atoms with Gasteiger partial charge >= 0.3 is 0 Å². The standard InChI is InChI=1S/C13H23BrN2O2/c1-11(17)15-12-2-5-16(8-12)10-13(9-14)3-6-18-7-4-13/h12H,2-10H2,1H3,(H,15,17). The molecule has 2 saturated heterocycles. The number of ether oxygens (including phenoxy) is 1. The Morgan fingerprint density at radius 2 is 2.22 bits per heavy atom. The van der Waals surface area contributed by atoms with Gasteiger partial charge in [0.05, 0.1) is 0 Å². The fraction of sp³-hybridized carbons (Fsp3) is 0.923. The number of carbonyl (C=O) groups is 1. The number of carbonyl (C=O) groups excluding carboxylic acids is 1. The summed E-state index contributed by atoms with van der Waals surface area (Å²) in [6.45, 7) is 6.58. The van der Waals surface area contributed by atoms with Gasteiger partial charge in [0, 0.05) is 51.1 Å². The lowest BCUT2D eigenvalue weighted by molar-refractivity contribution is -0.119. The zero-order valence-electron chi connectivity index (χ0n) is 11.1. The smallest absolute Gasteiger partial charge is 0.217 e. The summed E-state index contributed by atoms with van der Waals surface area (Å²) < 4.78 is 5.47. The molecule has 0 saturated carbocycles. The van der Waals surface area contributed by atoms with Crippen LogP contribution in [0.3, 0.4) is 0 Å². The topological polar surface area (TPSA) is 41.6 Å². The molecule has 5 heteroatoms. The first-order chi connectivity index (χ1) is 8.63. The van der Waals surface area contributed by atoms with Crippen LogP contribution < -0.4 is 5.32 Å². The molecular formula is C13H23BrN2O2. The van der Waals surface area contributed by atoms with E-state index in [1.54, 1.807) is 6.92 Å². The first kappa shape index (κ1) is 14.3. The fourth-order valence-electron chi connectivity index (χ4n) is 2.99. The van der Waals surface area contributed by atoms with Crippen molar-refractivity contribution in [2.24, 2.45) is 5.41 Å². The van der Waals surface area contributed by atoms with Crippen LogP contribution in [0.4, 0.5) is 0 Å². The van der Waals surface area contributed by atoms with Gasteiger partial charge in [0.2, 0.25) is 5.91 Å². The minimum atomic E-state index is 0.0862. The molecule has 0 aromatic rings. The summed E-state index contributed by atoms with van der Waals surface area (Å²) in [5.74, 6) is 0.0862. The van der Waals surface area contributed by atoms with Crippen LogP contribution in [0.2, 0.25) is 0 Å². The normalized spacial score (nSPS) is 28.2. The number of hydrogen-bond donors (Lipinski definition) is 1. The van der Waals surface area contributed by atoms with Gasteiger partial charge in [-0.2, -0.15) is 0 Å². The largest absolute Gasteiger partial charge is 0.381 e. The number of hydrogen-bond acceptors (Lipinski definition) is 3. The van der Waals surface area contributed by atoms with Crippen molar-refractivity contribution in [2.75, 3.05) is 38.2 Å². The highest BCUT2D eigenvalue weighted by Gasteiger charge is 2.35. The van der Waals surface area contributed by atoms with Crippen LogP contribution in [0.15, 0.2) is 0 Å². The van der Waals surface area contributed by atoms with Crippen LogP contribution in [-0.4, -0.2) is 55.0 Å². The highest BCUT2D eigenvalue weighted by atomic mass is 79.9. The van der Waals surface area contributed by atoms with Crippen molar-refractivity contribution < 1.29 is 9.53 Å². The second-order valence-electron chi connectivity index (χ2n) is 5.67. The van der Waals surface area contributed by atoms with Crippen molar-refractivity contribution in [3.8, 4) is 0 Å². The molecule has 2 aliphatic rings. The number of nitrogens with one attached hydrogen (secondary N) is 1. The summed E-state index contributed by atoms with van der Waals surface area (Å²) in [6.07, 6.45) is 3.35. The first-order valence-corrected chi connectivity index (χ1v) is 7.89. The molecule has 0 aliphatic carbocycles. The van der Waals surface area contributed by atoms with E-state index >= 15 is 0 Å². The molecule has 1 atom stereocenters. The molecule has 0 aromatic carbocycles. The summed E-state index contributed by atoms with van der Waals surface area (Å²) in [4.78, 5) is 13.6. The van der Waals surface area contributed by atoms with E-state index in [0.29, 0.717) is 11.5 Å². The van der Waals surface area contributed by atoms with E-state index in [1.807, 2.05) is 0 Å². The summed E-state index contributed by atoms with van der Waals surface area (Å²) >= 11 is 3.68. The van der Waals surface area contributed by atoms with Gasteiger partial charge in [-0.05, 0) is 24.7 Å². The molecule has 1 amide bonds. The maximum Gasteiger partial charge on any atom is 0.217 e.